The summed E-state index contributed by atoms with van der Waals surface area (Å²) < 4.78 is 0. The lowest BCUT2D eigenvalue weighted by atomic mass is 10.2. The number of likely N-dealkylation sites (tertiary alicyclic amines) is 1. The van der Waals surface area contributed by atoms with Crippen molar-refractivity contribution in [1.29, 1.82) is 0 Å². The van der Waals surface area contributed by atoms with Crippen LogP contribution in [0.1, 0.15) is 18.4 Å². The third-order valence-corrected chi connectivity index (χ3v) is 3.76. The van der Waals surface area contributed by atoms with E-state index in [2.05, 4.69) is 4.98 Å². The fourth-order valence-electron chi connectivity index (χ4n) is 2.20. The van der Waals surface area contributed by atoms with Crippen LogP contribution in [0.15, 0.2) is 12.3 Å². The van der Waals surface area contributed by atoms with Crippen molar-refractivity contribution >= 4 is 29.1 Å². The van der Waals surface area contributed by atoms with Gasteiger partial charge in [-0.2, -0.15) is 0 Å². The Morgan fingerprint density at radius 3 is 2.74 bits per heavy atom. The van der Waals surface area contributed by atoms with Gasteiger partial charge in [-0.1, -0.05) is 23.2 Å². The van der Waals surface area contributed by atoms with Gasteiger partial charge in [0.25, 0.3) is 0 Å². The van der Waals surface area contributed by atoms with Crippen molar-refractivity contribution in [3.63, 3.8) is 0 Å². The molecule has 1 aliphatic heterocycles. The summed E-state index contributed by atoms with van der Waals surface area (Å²) in [6.45, 7) is 2.76. The molecule has 4 nitrogen and oxygen atoms in total. The molecule has 0 radical (unpaired) electrons. The van der Waals surface area contributed by atoms with Crippen LogP contribution in [0.3, 0.4) is 0 Å². The molecule has 0 unspecified atom stereocenters. The number of pyridine rings is 1. The minimum atomic E-state index is 0.179. The number of aromatic nitrogens is 1. The van der Waals surface area contributed by atoms with Crippen LogP contribution in [0.25, 0.3) is 0 Å². The summed E-state index contributed by atoms with van der Waals surface area (Å²) in [6.07, 6.45) is 3.88. The van der Waals surface area contributed by atoms with Gasteiger partial charge in [0.15, 0.2) is 0 Å². The number of amides is 1. The highest BCUT2D eigenvalue weighted by Crippen LogP contribution is 2.19. The topological polar surface area (TPSA) is 36.4 Å². The van der Waals surface area contributed by atoms with Gasteiger partial charge in [0, 0.05) is 36.4 Å². The third kappa shape index (κ3) is 4.06. The normalized spacial score (nSPS) is 15.3. The van der Waals surface area contributed by atoms with E-state index in [0.717, 1.165) is 31.5 Å². The number of hydrogen-bond donors (Lipinski definition) is 0. The van der Waals surface area contributed by atoms with Gasteiger partial charge in [-0.25, -0.2) is 4.98 Å². The second kappa shape index (κ2) is 6.55. The molecule has 1 fully saturated rings. The van der Waals surface area contributed by atoms with E-state index in [-0.39, 0.29) is 5.91 Å². The van der Waals surface area contributed by atoms with Crippen molar-refractivity contribution in [2.75, 3.05) is 26.7 Å². The highest BCUT2D eigenvalue weighted by Gasteiger charge is 2.19. The molecule has 0 aromatic carbocycles. The molecule has 2 rings (SSSR count). The minimum Gasteiger partial charge on any atom is -0.342 e. The molecular formula is C13H17Cl2N3O. The molecule has 6 heteroatoms. The van der Waals surface area contributed by atoms with E-state index >= 15 is 0 Å². The summed E-state index contributed by atoms with van der Waals surface area (Å²) in [7, 11) is 1.90. The van der Waals surface area contributed by atoms with Gasteiger partial charge in [-0.3, -0.25) is 9.69 Å². The SMILES string of the molecule is CN(CC(=O)N1CCCC1)Cc1cnc(Cl)cc1Cl. The number of carbonyl (C=O) groups is 1. The lowest BCUT2D eigenvalue weighted by Gasteiger charge is -2.21. The fraction of sp³-hybridized carbons (Fsp3) is 0.538. The first-order valence-electron chi connectivity index (χ1n) is 6.32. The monoisotopic (exact) mass is 301 g/mol. The molecule has 19 heavy (non-hydrogen) atoms. The summed E-state index contributed by atoms with van der Waals surface area (Å²) in [5.74, 6) is 0.179. The first-order valence-corrected chi connectivity index (χ1v) is 7.08. The third-order valence-electron chi connectivity index (χ3n) is 3.20. The van der Waals surface area contributed by atoms with Crippen LogP contribution < -0.4 is 0 Å². The van der Waals surface area contributed by atoms with E-state index in [0.29, 0.717) is 23.3 Å². The Hall–Kier alpha value is -0.840. The Labute approximate surface area is 123 Å². The molecule has 1 aromatic heterocycles. The maximum atomic E-state index is 12.0. The Bertz CT molecular complexity index is 461. The largest absolute Gasteiger partial charge is 0.342 e. The summed E-state index contributed by atoms with van der Waals surface area (Å²) in [4.78, 5) is 19.9. The summed E-state index contributed by atoms with van der Waals surface area (Å²) in [5, 5.41) is 0.963. The zero-order valence-electron chi connectivity index (χ0n) is 10.9. The van der Waals surface area contributed by atoms with Crippen LogP contribution in [0, 0.1) is 0 Å². The Balaban J connectivity index is 1.89. The van der Waals surface area contributed by atoms with E-state index in [4.69, 9.17) is 23.2 Å². The molecular weight excluding hydrogens is 285 g/mol. The minimum absolute atomic E-state index is 0.179. The van der Waals surface area contributed by atoms with E-state index in [1.54, 1.807) is 12.3 Å². The summed E-state index contributed by atoms with van der Waals surface area (Å²) >= 11 is 11.8. The van der Waals surface area contributed by atoms with Crippen molar-refractivity contribution in [3.8, 4) is 0 Å². The molecule has 1 aromatic rings. The van der Waals surface area contributed by atoms with Crippen molar-refractivity contribution < 1.29 is 4.79 Å². The first-order chi connectivity index (χ1) is 9.06. The molecule has 1 aliphatic rings. The van der Waals surface area contributed by atoms with Crippen LogP contribution in [0.4, 0.5) is 0 Å². The van der Waals surface area contributed by atoms with E-state index in [1.807, 2.05) is 16.8 Å². The molecule has 0 saturated carbocycles. The van der Waals surface area contributed by atoms with E-state index in [9.17, 15) is 4.79 Å². The Morgan fingerprint density at radius 1 is 1.42 bits per heavy atom. The van der Waals surface area contributed by atoms with Crippen molar-refractivity contribution in [2.45, 2.75) is 19.4 Å². The van der Waals surface area contributed by atoms with Crippen LogP contribution >= 0.6 is 23.2 Å². The van der Waals surface area contributed by atoms with Crippen LogP contribution in [-0.2, 0) is 11.3 Å². The van der Waals surface area contributed by atoms with Crippen LogP contribution in [-0.4, -0.2) is 47.4 Å². The number of carbonyl (C=O) groups excluding carboxylic acids is 1. The van der Waals surface area contributed by atoms with Crippen molar-refractivity contribution in [1.82, 2.24) is 14.8 Å². The highest BCUT2D eigenvalue weighted by molar-refractivity contribution is 6.34. The summed E-state index contributed by atoms with van der Waals surface area (Å²) in [6, 6.07) is 1.62. The molecule has 0 bridgehead atoms. The molecule has 0 N–H and O–H groups in total. The number of hydrogen-bond acceptors (Lipinski definition) is 3. The van der Waals surface area contributed by atoms with Gasteiger partial charge in [0.2, 0.25) is 5.91 Å². The number of likely N-dealkylation sites (N-methyl/N-ethyl adjacent to an activating group) is 1. The Kier molecular flexibility index (Phi) is 5.02. The number of nitrogens with zero attached hydrogens (tertiary/aromatic N) is 3. The predicted molar refractivity (Wildman–Crippen MR) is 76.4 cm³/mol. The molecule has 1 amide bonds. The molecule has 2 heterocycles. The second-order valence-corrected chi connectivity index (χ2v) is 5.65. The van der Waals surface area contributed by atoms with Crippen molar-refractivity contribution in [3.05, 3.63) is 28.0 Å². The first kappa shape index (κ1) is 14.6. The van der Waals surface area contributed by atoms with Gasteiger partial charge in [-0.05, 0) is 26.0 Å². The van der Waals surface area contributed by atoms with Crippen LogP contribution in [0.5, 0.6) is 0 Å². The lowest BCUT2D eigenvalue weighted by molar-refractivity contribution is -0.131. The number of halogens is 2. The maximum absolute atomic E-state index is 12.0. The standard InChI is InChI=1S/C13H17Cl2N3O/c1-17(9-13(19)18-4-2-3-5-18)8-10-7-16-12(15)6-11(10)14/h6-7H,2-5,8-9H2,1H3. The summed E-state index contributed by atoms with van der Waals surface area (Å²) in [5.41, 5.74) is 0.878. The fourth-order valence-corrected chi connectivity index (χ4v) is 2.62. The molecule has 0 spiro atoms. The zero-order chi connectivity index (χ0) is 13.8. The quantitative estimate of drug-likeness (QED) is 0.802. The van der Waals surface area contributed by atoms with Gasteiger partial charge < -0.3 is 4.90 Å². The van der Waals surface area contributed by atoms with Crippen molar-refractivity contribution in [2.24, 2.45) is 0 Å². The highest BCUT2D eigenvalue weighted by atomic mass is 35.5. The molecule has 0 aliphatic carbocycles. The molecule has 104 valence electrons. The maximum Gasteiger partial charge on any atom is 0.236 e. The zero-order valence-corrected chi connectivity index (χ0v) is 12.4. The average molecular weight is 302 g/mol. The predicted octanol–water partition coefficient (Wildman–Crippen LogP) is 2.44. The lowest BCUT2D eigenvalue weighted by Crippen LogP contribution is -2.37. The molecule has 0 atom stereocenters. The number of rotatable bonds is 4. The molecule has 1 saturated heterocycles. The van der Waals surface area contributed by atoms with E-state index in [1.165, 1.54) is 0 Å². The van der Waals surface area contributed by atoms with Gasteiger partial charge in [-0.15, -0.1) is 0 Å². The average Bonchev–Trinajstić information content (AvgIpc) is 2.86. The van der Waals surface area contributed by atoms with Gasteiger partial charge in [0.1, 0.15) is 5.15 Å². The Morgan fingerprint density at radius 2 is 2.11 bits per heavy atom. The van der Waals surface area contributed by atoms with Gasteiger partial charge >= 0.3 is 0 Å². The second-order valence-electron chi connectivity index (χ2n) is 4.86. The van der Waals surface area contributed by atoms with Crippen LogP contribution in [0.2, 0.25) is 10.2 Å². The smallest absolute Gasteiger partial charge is 0.236 e. The van der Waals surface area contributed by atoms with Gasteiger partial charge in [0.05, 0.1) is 6.54 Å². The van der Waals surface area contributed by atoms with E-state index < -0.39 is 0 Å².